The smallest absolute Gasteiger partial charge is 0.315 e. The Bertz CT molecular complexity index is 1960. The molecule has 0 aliphatic carbocycles. The van der Waals surface area contributed by atoms with E-state index in [0.29, 0.717) is 53.0 Å². The molecule has 0 bridgehead atoms. The zero-order chi connectivity index (χ0) is 35.7. The fourth-order valence-corrected chi connectivity index (χ4v) is 7.98. The number of nitrogens with zero attached hydrogens (tertiary/aromatic N) is 4. The number of pyridine rings is 2. The average molecular weight is 731 g/mol. The van der Waals surface area contributed by atoms with E-state index < -0.39 is 0 Å². The highest BCUT2D eigenvalue weighted by atomic mass is 35.5. The Morgan fingerprint density at radius 3 is 2.43 bits per heavy atom. The Labute approximate surface area is 307 Å². The molecule has 3 aliphatic heterocycles. The lowest BCUT2D eigenvalue weighted by Gasteiger charge is -2.47. The third kappa shape index (κ3) is 7.21. The van der Waals surface area contributed by atoms with Gasteiger partial charge in [-0.1, -0.05) is 59.6 Å². The lowest BCUT2D eigenvalue weighted by Crippen LogP contribution is -2.68. The lowest BCUT2D eigenvalue weighted by molar-refractivity contribution is -0.129. The largest absolute Gasteiger partial charge is 0.496 e. The summed E-state index contributed by atoms with van der Waals surface area (Å²) < 4.78 is 11.5. The Kier molecular flexibility index (Phi) is 10.1. The van der Waals surface area contributed by atoms with Gasteiger partial charge in [0.1, 0.15) is 5.75 Å². The van der Waals surface area contributed by atoms with Crippen molar-refractivity contribution in [3.05, 3.63) is 82.0 Å². The number of hydrogen-bond acceptors (Lipinski definition) is 8. The zero-order valence-corrected chi connectivity index (χ0v) is 30.4. The number of likely N-dealkylation sites (tertiary alicyclic amines) is 2. The number of carbonyl (C=O) groups is 2. The van der Waals surface area contributed by atoms with E-state index in [1.165, 1.54) is 0 Å². The van der Waals surface area contributed by atoms with Crippen molar-refractivity contribution in [2.45, 2.75) is 44.4 Å². The molecule has 0 radical (unpaired) electrons. The van der Waals surface area contributed by atoms with Crippen LogP contribution < -0.4 is 25.4 Å². The molecule has 3 fully saturated rings. The quantitative estimate of drug-likeness (QED) is 0.188. The summed E-state index contributed by atoms with van der Waals surface area (Å²) in [4.78, 5) is 37.0. The normalized spacial score (nSPS) is 17.2. The van der Waals surface area contributed by atoms with Gasteiger partial charge in [-0.05, 0) is 31.0 Å². The van der Waals surface area contributed by atoms with Gasteiger partial charge in [0, 0.05) is 98.4 Å². The molecule has 11 nitrogen and oxygen atoms in total. The first-order valence-corrected chi connectivity index (χ1v) is 17.8. The number of hydrogen-bond donors (Lipinski definition) is 3. The van der Waals surface area contributed by atoms with E-state index in [0.717, 1.165) is 78.2 Å². The predicted molar refractivity (Wildman–Crippen MR) is 198 cm³/mol. The van der Waals surface area contributed by atoms with Crippen molar-refractivity contribution in [2.75, 3.05) is 46.9 Å². The summed E-state index contributed by atoms with van der Waals surface area (Å²) in [6.45, 7) is 6.63. The molecule has 0 unspecified atom stereocenters. The highest BCUT2D eigenvalue weighted by Crippen LogP contribution is 2.42. The van der Waals surface area contributed by atoms with Crippen LogP contribution in [0.4, 0.5) is 4.79 Å². The van der Waals surface area contributed by atoms with Gasteiger partial charge in [0.15, 0.2) is 0 Å². The second kappa shape index (κ2) is 14.7. The first-order valence-electron chi connectivity index (χ1n) is 17.1. The molecule has 3 amide bonds. The molecular weight excluding hydrogens is 689 g/mol. The van der Waals surface area contributed by atoms with Gasteiger partial charge in [-0.3, -0.25) is 14.7 Å². The second-order valence-corrected chi connectivity index (χ2v) is 14.2. The highest BCUT2D eigenvalue weighted by Gasteiger charge is 2.47. The molecule has 3 N–H and O–H groups in total. The van der Waals surface area contributed by atoms with Gasteiger partial charge in [0.2, 0.25) is 11.8 Å². The Balaban J connectivity index is 1.08. The van der Waals surface area contributed by atoms with Crippen LogP contribution in [0, 0.1) is 0 Å². The van der Waals surface area contributed by atoms with E-state index in [2.05, 4.69) is 25.8 Å². The van der Waals surface area contributed by atoms with Crippen LogP contribution in [0.15, 0.2) is 60.8 Å². The van der Waals surface area contributed by atoms with Crippen LogP contribution in [0.5, 0.6) is 11.6 Å². The molecule has 7 rings (SSSR count). The minimum absolute atomic E-state index is 0.111. The zero-order valence-electron chi connectivity index (χ0n) is 28.9. The lowest BCUT2D eigenvalue weighted by atomic mass is 9.90. The SMILES string of the molecule is COc1cc(-c2nccc(-c3cccc(-c4ccc(CN5CC6(CNC(=O)N6)C5)c(OC)n4)c3Cl)c2Cl)ccc1CNC1CCN(C(C)=O)CC1. The van der Waals surface area contributed by atoms with E-state index in [1.807, 2.05) is 59.5 Å². The molecule has 266 valence electrons. The number of methoxy groups -OCH3 is 2. The number of rotatable bonds is 10. The summed E-state index contributed by atoms with van der Waals surface area (Å²) in [5.41, 5.74) is 6.17. The minimum Gasteiger partial charge on any atom is -0.496 e. The topological polar surface area (TPSA) is 121 Å². The Morgan fingerprint density at radius 2 is 1.73 bits per heavy atom. The summed E-state index contributed by atoms with van der Waals surface area (Å²) in [5, 5.41) is 10.5. The minimum atomic E-state index is -0.191. The number of amides is 3. The van der Waals surface area contributed by atoms with Gasteiger partial charge in [-0.15, -0.1) is 0 Å². The standard InChI is InChI=1S/C38H41Cl2N7O4/c1-23(48)47-15-12-27(13-16-47)42-18-25-8-7-24(17-32(25)50-2)35-34(40)29(11-14-41-35)28-5-4-6-30(33(28)39)31-10-9-26(36(44-31)51-3)19-46-21-38(22-46)20-43-37(49)45-38/h4-11,14,17,27,42H,12-13,15-16,18-22H2,1-3H3,(H2,43,45,49). The van der Waals surface area contributed by atoms with Gasteiger partial charge in [0.05, 0.1) is 41.2 Å². The van der Waals surface area contributed by atoms with Crippen LogP contribution in [0.1, 0.15) is 30.9 Å². The molecule has 3 saturated heterocycles. The van der Waals surface area contributed by atoms with Gasteiger partial charge < -0.3 is 30.3 Å². The van der Waals surface area contributed by atoms with Crippen molar-refractivity contribution < 1.29 is 19.1 Å². The van der Waals surface area contributed by atoms with Gasteiger partial charge >= 0.3 is 6.03 Å². The van der Waals surface area contributed by atoms with Crippen molar-refractivity contribution in [1.29, 1.82) is 0 Å². The second-order valence-electron chi connectivity index (χ2n) is 13.5. The molecule has 13 heteroatoms. The predicted octanol–water partition coefficient (Wildman–Crippen LogP) is 5.77. The average Bonchev–Trinajstić information content (AvgIpc) is 3.52. The molecular formula is C38H41Cl2N7O4. The van der Waals surface area contributed by atoms with Crippen LogP contribution in [-0.4, -0.2) is 90.2 Å². The number of nitrogens with one attached hydrogen (secondary N) is 3. The Morgan fingerprint density at radius 1 is 0.980 bits per heavy atom. The number of aromatic nitrogens is 2. The summed E-state index contributed by atoms with van der Waals surface area (Å²) in [6, 6.07) is 17.9. The first-order chi connectivity index (χ1) is 24.7. The van der Waals surface area contributed by atoms with Crippen LogP contribution in [0.25, 0.3) is 33.6 Å². The molecule has 4 aromatic rings. The van der Waals surface area contributed by atoms with Gasteiger partial charge in [-0.25, -0.2) is 9.78 Å². The van der Waals surface area contributed by atoms with E-state index in [9.17, 15) is 9.59 Å². The molecule has 0 atom stereocenters. The third-order valence-electron chi connectivity index (χ3n) is 10.1. The molecule has 0 saturated carbocycles. The first kappa shape index (κ1) is 35.0. The molecule has 2 aromatic carbocycles. The van der Waals surface area contributed by atoms with Gasteiger partial charge in [-0.2, -0.15) is 0 Å². The van der Waals surface area contributed by atoms with Crippen LogP contribution in [0.2, 0.25) is 10.0 Å². The molecule has 3 aliphatic rings. The molecule has 5 heterocycles. The number of ether oxygens (including phenoxy) is 2. The van der Waals surface area contributed by atoms with Crippen LogP contribution in [-0.2, 0) is 17.9 Å². The maximum atomic E-state index is 11.7. The van der Waals surface area contributed by atoms with Crippen molar-refractivity contribution in [3.8, 4) is 45.3 Å². The molecule has 1 spiro atoms. The van der Waals surface area contributed by atoms with E-state index >= 15 is 0 Å². The fourth-order valence-electron chi connectivity index (χ4n) is 7.33. The number of piperidine rings is 1. The third-order valence-corrected chi connectivity index (χ3v) is 10.9. The fraction of sp³-hybridized carbons (Fsp3) is 0.368. The summed E-state index contributed by atoms with van der Waals surface area (Å²) in [5.74, 6) is 1.40. The van der Waals surface area contributed by atoms with Crippen molar-refractivity contribution in [3.63, 3.8) is 0 Å². The summed E-state index contributed by atoms with van der Waals surface area (Å²) in [6.07, 6.45) is 3.58. The summed E-state index contributed by atoms with van der Waals surface area (Å²) in [7, 11) is 3.28. The van der Waals surface area contributed by atoms with E-state index in [1.54, 1.807) is 27.3 Å². The van der Waals surface area contributed by atoms with Gasteiger partial charge in [0.25, 0.3) is 0 Å². The van der Waals surface area contributed by atoms with Crippen LogP contribution in [0.3, 0.4) is 0 Å². The number of halogens is 2. The van der Waals surface area contributed by atoms with E-state index in [-0.39, 0.29) is 17.5 Å². The van der Waals surface area contributed by atoms with Crippen molar-refractivity contribution >= 4 is 35.1 Å². The van der Waals surface area contributed by atoms with Crippen LogP contribution >= 0.6 is 23.2 Å². The highest BCUT2D eigenvalue weighted by molar-refractivity contribution is 6.39. The number of urea groups is 1. The maximum Gasteiger partial charge on any atom is 0.315 e. The maximum absolute atomic E-state index is 11.7. The molecule has 2 aromatic heterocycles. The summed E-state index contributed by atoms with van der Waals surface area (Å²) >= 11 is 14.2. The molecule has 51 heavy (non-hydrogen) atoms. The van der Waals surface area contributed by atoms with Crippen molar-refractivity contribution in [1.82, 2.24) is 35.7 Å². The Hall–Kier alpha value is -4.42. The number of carbonyl (C=O) groups excluding carboxylic acids is 2. The number of benzene rings is 2. The van der Waals surface area contributed by atoms with E-state index in [4.69, 9.17) is 37.7 Å². The van der Waals surface area contributed by atoms with Crippen molar-refractivity contribution in [2.24, 2.45) is 0 Å². The monoisotopic (exact) mass is 729 g/mol.